The predicted molar refractivity (Wildman–Crippen MR) is 83.5 cm³/mol. The summed E-state index contributed by atoms with van der Waals surface area (Å²) in [5.41, 5.74) is 12.1. The van der Waals surface area contributed by atoms with E-state index in [9.17, 15) is 0 Å². The summed E-state index contributed by atoms with van der Waals surface area (Å²) in [6, 6.07) is 11.2. The van der Waals surface area contributed by atoms with Gasteiger partial charge in [-0.25, -0.2) is 0 Å². The summed E-state index contributed by atoms with van der Waals surface area (Å²) < 4.78 is 0. The van der Waals surface area contributed by atoms with Crippen molar-refractivity contribution in [3.8, 4) is 0 Å². The number of benzene rings is 1. The number of aliphatic imine (C=N–C) groups is 1. The van der Waals surface area contributed by atoms with Gasteiger partial charge in [0.05, 0.1) is 0 Å². The van der Waals surface area contributed by atoms with Crippen LogP contribution in [0.3, 0.4) is 0 Å². The van der Waals surface area contributed by atoms with E-state index in [1.54, 1.807) is 0 Å². The number of rotatable bonds is 5. The summed E-state index contributed by atoms with van der Waals surface area (Å²) in [6.45, 7) is 5.02. The molecule has 1 aliphatic rings. The Kier molecular flexibility index (Phi) is 5.38. The first-order chi connectivity index (χ1) is 9.66. The normalized spacial score (nSPS) is 20.8. The van der Waals surface area contributed by atoms with E-state index in [1.165, 1.54) is 5.56 Å². The number of nitrogens with two attached hydrogens (primary N) is 2. The largest absolute Gasteiger partial charge is 0.370 e. The number of hydrogen-bond acceptors (Lipinski definition) is 3. The van der Waals surface area contributed by atoms with Crippen molar-refractivity contribution in [1.29, 1.82) is 0 Å². The van der Waals surface area contributed by atoms with Gasteiger partial charge in [0, 0.05) is 38.8 Å². The third-order valence-electron chi connectivity index (χ3n) is 3.78. The van der Waals surface area contributed by atoms with Crippen LogP contribution in [-0.4, -0.2) is 55.5 Å². The molecule has 0 spiro atoms. The van der Waals surface area contributed by atoms with Gasteiger partial charge in [-0.1, -0.05) is 30.3 Å². The maximum atomic E-state index is 5.36. The minimum atomic E-state index is 0.183. The average molecular weight is 275 g/mol. The molecule has 0 radical (unpaired) electrons. The first-order valence-electron chi connectivity index (χ1n) is 7.20. The van der Waals surface area contributed by atoms with E-state index in [4.69, 9.17) is 11.5 Å². The fraction of sp³-hybridized carbons (Fsp3) is 0.533. The standard InChI is InChI=1S/C15H25N5/c1-19-10-11-20(9-5-8-18-15(16)17)14(12-19)13-6-3-2-4-7-13/h2-4,6-7,14H,5,8-12H2,1H3,(H4,16,17,18). The Morgan fingerprint density at radius 1 is 1.25 bits per heavy atom. The van der Waals surface area contributed by atoms with Crippen molar-refractivity contribution < 1.29 is 0 Å². The second-order valence-electron chi connectivity index (χ2n) is 5.38. The third-order valence-corrected chi connectivity index (χ3v) is 3.78. The fourth-order valence-corrected chi connectivity index (χ4v) is 2.70. The Morgan fingerprint density at radius 3 is 2.70 bits per heavy atom. The Labute approximate surface area is 121 Å². The molecular formula is C15H25N5. The summed E-state index contributed by atoms with van der Waals surface area (Å²) in [4.78, 5) is 8.99. The first-order valence-corrected chi connectivity index (χ1v) is 7.20. The average Bonchev–Trinajstić information content (AvgIpc) is 2.45. The lowest BCUT2D eigenvalue weighted by Crippen LogP contribution is -2.47. The van der Waals surface area contributed by atoms with Crippen LogP contribution in [0.25, 0.3) is 0 Å². The van der Waals surface area contributed by atoms with E-state index >= 15 is 0 Å². The van der Waals surface area contributed by atoms with Gasteiger partial charge in [-0.2, -0.15) is 0 Å². The molecule has 1 aromatic carbocycles. The van der Waals surface area contributed by atoms with Gasteiger partial charge in [0.1, 0.15) is 0 Å². The Morgan fingerprint density at radius 2 is 2.00 bits per heavy atom. The van der Waals surface area contributed by atoms with Crippen molar-refractivity contribution >= 4 is 5.96 Å². The minimum Gasteiger partial charge on any atom is -0.370 e. The topological polar surface area (TPSA) is 70.9 Å². The lowest BCUT2D eigenvalue weighted by Gasteiger charge is -2.40. The van der Waals surface area contributed by atoms with Crippen molar-refractivity contribution in [3.05, 3.63) is 35.9 Å². The monoisotopic (exact) mass is 275 g/mol. The second kappa shape index (κ2) is 7.26. The van der Waals surface area contributed by atoms with Crippen LogP contribution >= 0.6 is 0 Å². The highest BCUT2D eigenvalue weighted by Gasteiger charge is 2.25. The predicted octanol–water partition coefficient (Wildman–Crippen LogP) is 0.639. The fourth-order valence-electron chi connectivity index (χ4n) is 2.70. The first kappa shape index (κ1) is 14.8. The van der Waals surface area contributed by atoms with Crippen molar-refractivity contribution in [2.24, 2.45) is 16.5 Å². The summed E-state index contributed by atoms with van der Waals surface area (Å²) in [6.07, 6.45) is 0.991. The third kappa shape index (κ3) is 4.21. The van der Waals surface area contributed by atoms with Gasteiger partial charge in [0.15, 0.2) is 5.96 Å². The zero-order valence-corrected chi connectivity index (χ0v) is 12.2. The van der Waals surface area contributed by atoms with Gasteiger partial charge >= 0.3 is 0 Å². The zero-order valence-electron chi connectivity index (χ0n) is 12.2. The highest BCUT2D eigenvalue weighted by Crippen LogP contribution is 2.24. The van der Waals surface area contributed by atoms with E-state index in [2.05, 4.69) is 52.2 Å². The summed E-state index contributed by atoms with van der Waals surface area (Å²) >= 11 is 0. The molecule has 110 valence electrons. The highest BCUT2D eigenvalue weighted by molar-refractivity contribution is 5.75. The Hall–Kier alpha value is -1.59. The molecule has 1 aliphatic heterocycles. The molecule has 4 N–H and O–H groups in total. The quantitative estimate of drug-likeness (QED) is 0.470. The van der Waals surface area contributed by atoms with E-state index in [0.717, 1.165) is 32.6 Å². The number of hydrogen-bond donors (Lipinski definition) is 2. The maximum absolute atomic E-state index is 5.36. The molecule has 0 amide bonds. The molecular weight excluding hydrogens is 250 g/mol. The van der Waals surface area contributed by atoms with Crippen molar-refractivity contribution in [1.82, 2.24) is 9.80 Å². The van der Waals surface area contributed by atoms with Gasteiger partial charge in [-0.3, -0.25) is 9.89 Å². The number of likely N-dealkylation sites (N-methyl/N-ethyl adjacent to an activating group) is 1. The molecule has 1 heterocycles. The molecule has 0 aliphatic carbocycles. The van der Waals surface area contributed by atoms with Gasteiger partial charge in [-0.05, 0) is 19.0 Å². The van der Waals surface area contributed by atoms with Crippen LogP contribution in [0.2, 0.25) is 0 Å². The molecule has 20 heavy (non-hydrogen) atoms. The van der Waals surface area contributed by atoms with E-state index in [1.807, 2.05) is 0 Å². The SMILES string of the molecule is CN1CCN(CCCN=C(N)N)C(c2ccccc2)C1. The van der Waals surface area contributed by atoms with Gasteiger partial charge in [0.25, 0.3) is 0 Å². The molecule has 1 fully saturated rings. The van der Waals surface area contributed by atoms with E-state index in [0.29, 0.717) is 12.6 Å². The smallest absolute Gasteiger partial charge is 0.185 e. The van der Waals surface area contributed by atoms with Crippen LogP contribution in [-0.2, 0) is 0 Å². The molecule has 2 rings (SSSR count). The molecule has 5 heteroatoms. The van der Waals surface area contributed by atoms with Crippen molar-refractivity contribution in [2.45, 2.75) is 12.5 Å². The minimum absolute atomic E-state index is 0.183. The highest BCUT2D eigenvalue weighted by atomic mass is 15.3. The van der Waals surface area contributed by atoms with Crippen LogP contribution < -0.4 is 11.5 Å². The summed E-state index contributed by atoms with van der Waals surface area (Å²) in [5, 5.41) is 0. The molecule has 0 bridgehead atoms. The van der Waals surface area contributed by atoms with Crippen LogP contribution in [0.15, 0.2) is 35.3 Å². The molecule has 1 atom stereocenters. The van der Waals surface area contributed by atoms with Gasteiger partial charge in [0.2, 0.25) is 0 Å². The van der Waals surface area contributed by atoms with Crippen molar-refractivity contribution in [3.63, 3.8) is 0 Å². The zero-order chi connectivity index (χ0) is 14.4. The van der Waals surface area contributed by atoms with Crippen LogP contribution in [0.5, 0.6) is 0 Å². The summed E-state index contributed by atoms with van der Waals surface area (Å²) in [5.74, 6) is 0.183. The lowest BCUT2D eigenvalue weighted by molar-refractivity contribution is 0.0894. The summed E-state index contributed by atoms with van der Waals surface area (Å²) in [7, 11) is 2.19. The Balaban J connectivity index is 1.96. The Bertz CT molecular complexity index is 427. The van der Waals surface area contributed by atoms with E-state index in [-0.39, 0.29) is 5.96 Å². The number of piperazine rings is 1. The number of guanidine groups is 1. The molecule has 0 aromatic heterocycles. The maximum Gasteiger partial charge on any atom is 0.185 e. The number of nitrogens with zero attached hydrogens (tertiary/aromatic N) is 3. The van der Waals surface area contributed by atoms with E-state index < -0.39 is 0 Å². The van der Waals surface area contributed by atoms with Gasteiger partial charge in [-0.15, -0.1) is 0 Å². The van der Waals surface area contributed by atoms with Crippen LogP contribution in [0.1, 0.15) is 18.0 Å². The molecule has 1 unspecified atom stereocenters. The second-order valence-corrected chi connectivity index (χ2v) is 5.38. The van der Waals surface area contributed by atoms with Crippen LogP contribution in [0.4, 0.5) is 0 Å². The molecule has 1 aromatic rings. The lowest BCUT2D eigenvalue weighted by atomic mass is 10.0. The molecule has 0 saturated carbocycles. The molecule has 1 saturated heterocycles. The van der Waals surface area contributed by atoms with Crippen molar-refractivity contribution in [2.75, 3.05) is 39.8 Å². The molecule has 5 nitrogen and oxygen atoms in total. The van der Waals surface area contributed by atoms with Gasteiger partial charge < -0.3 is 16.4 Å². The van der Waals surface area contributed by atoms with Crippen LogP contribution in [0, 0.1) is 0 Å².